The summed E-state index contributed by atoms with van der Waals surface area (Å²) in [6.45, 7) is 1.83. The van der Waals surface area contributed by atoms with Gasteiger partial charge < -0.3 is 14.3 Å². The van der Waals surface area contributed by atoms with Gasteiger partial charge in [-0.15, -0.1) is 0 Å². The van der Waals surface area contributed by atoms with E-state index in [1.165, 1.54) is 0 Å². The topological polar surface area (TPSA) is 53.7 Å². The summed E-state index contributed by atoms with van der Waals surface area (Å²) in [7, 11) is 0. The first-order valence-electron chi connectivity index (χ1n) is 5.21. The number of ether oxygens (including phenoxy) is 2. The van der Waals surface area contributed by atoms with E-state index in [1.54, 1.807) is 0 Å². The van der Waals surface area contributed by atoms with Gasteiger partial charge in [0.15, 0.2) is 11.5 Å². The molecule has 0 fully saturated rings. The summed E-state index contributed by atoms with van der Waals surface area (Å²) in [4.78, 5) is 4.59. The molecule has 2 rings (SSSR count). The van der Waals surface area contributed by atoms with Crippen molar-refractivity contribution in [2.24, 2.45) is 5.90 Å². The van der Waals surface area contributed by atoms with Gasteiger partial charge in [-0.25, -0.2) is 5.90 Å². The molecule has 4 nitrogen and oxygen atoms in total. The number of fused-ring (bicyclic) bond motifs is 1. The quantitative estimate of drug-likeness (QED) is 0.865. The van der Waals surface area contributed by atoms with Crippen molar-refractivity contribution in [3.05, 3.63) is 22.2 Å². The molecule has 1 aromatic rings. The van der Waals surface area contributed by atoms with Crippen LogP contribution in [0.3, 0.4) is 0 Å². The molecule has 16 heavy (non-hydrogen) atoms. The molecule has 1 aliphatic rings. The Morgan fingerprint density at radius 1 is 1.25 bits per heavy atom. The Balaban J connectivity index is 2.31. The second-order valence-electron chi connectivity index (χ2n) is 3.54. The van der Waals surface area contributed by atoms with Crippen LogP contribution >= 0.6 is 15.9 Å². The average molecular weight is 288 g/mol. The molecule has 1 aliphatic heterocycles. The molecule has 0 aromatic heterocycles. The third-order valence-corrected chi connectivity index (χ3v) is 3.04. The molecule has 5 heteroatoms. The number of benzene rings is 1. The molecule has 0 amide bonds. The molecule has 0 radical (unpaired) electrons. The second-order valence-corrected chi connectivity index (χ2v) is 4.39. The zero-order valence-corrected chi connectivity index (χ0v) is 10.5. The minimum Gasteiger partial charge on any atom is -0.489 e. The van der Waals surface area contributed by atoms with Gasteiger partial charge in [-0.3, -0.25) is 0 Å². The van der Waals surface area contributed by atoms with Gasteiger partial charge in [0.1, 0.15) is 0 Å². The Morgan fingerprint density at radius 2 is 2.00 bits per heavy atom. The Morgan fingerprint density at radius 3 is 2.75 bits per heavy atom. The fourth-order valence-corrected chi connectivity index (χ4v) is 2.07. The van der Waals surface area contributed by atoms with Crippen molar-refractivity contribution in [2.75, 3.05) is 19.8 Å². The SMILES string of the molecule is NOCCc1ccc(Br)c2c1OCCCO2. The minimum atomic E-state index is 0.470. The number of rotatable bonds is 3. The summed E-state index contributed by atoms with van der Waals surface area (Å²) in [5, 5.41) is 0. The average Bonchev–Trinajstić information content (AvgIpc) is 2.54. The third kappa shape index (κ3) is 2.48. The maximum absolute atomic E-state index is 5.71. The minimum absolute atomic E-state index is 0.470. The predicted octanol–water partition coefficient (Wildman–Crippen LogP) is 2.04. The van der Waals surface area contributed by atoms with Crippen molar-refractivity contribution in [1.82, 2.24) is 0 Å². The highest BCUT2D eigenvalue weighted by atomic mass is 79.9. The van der Waals surface area contributed by atoms with Crippen LogP contribution < -0.4 is 15.4 Å². The molecule has 0 unspecified atom stereocenters. The highest BCUT2D eigenvalue weighted by molar-refractivity contribution is 9.10. The van der Waals surface area contributed by atoms with Crippen molar-refractivity contribution in [1.29, 1.82) is 0 Å². The Bertz CT molecular complexity index is 370. The van der Waals surface area contributed by atoms with Crippen molar-refractivity contribution < 1.29 is 14.3 Å². The zero-order valence-electron chi connectivity index (χ0n) is 8.87. The van der Waals surface area contributed by atoms with E-state index < -0.39 is 0 Å². The van der Waals surface area contributed by atoms with Crippen molar-refractivity contribution in [3.8, 4) is 11.5 Å². The fraction of sp³-hybridized carbons (Fsp3) is 0.455. The van der Waals surface area contributed by atoms with Crippen molar-refractivity contribution >= 4 is 15.9 Å². The first kappa shape index (κ1) is 11.7. The molecule has 0 spiro atoms. The number of nitrogens with two attached hydrogens (primary N) is 1. The molecule has 1 heterocycles. The normalized spacial score (nSPS) is 14.6. The molecule has 0 saturated carbocycles. The van der Waals surface area contributed by atoms with Crippen LogP contribution in [0, 0.1) is 0 Å². The summed E-state index contributed by atoms with van der Waals surface area (Å²) >= 11 is 3.46. The summed E-state index contributed by atoms with van der Waals surface area (Å²) in [5.41, 5.74) is 1.06. The van der Waals surface area contributed by atoms with Crippen LogP contribution in [-0.4, -0.2) is 19.8 Å². The summed E-state index contributed by atoms with van der Waals surface area (Å²) in [6, 6.07) is 3.95. The lowest BCUT2D eigenvalue weighted by molar-refractivity contribution is 0.140. The van der Waals surface area contributed by atoms with E-state index in [2.05, 4.69) is 20.8 Å². The van der Waals surface area contributed by atoms with Gasteiger partial charge in [-0.1, -0.05) is 6.07 Å². The third-order valence-electron chi connectivity index (χ3n) is 2.42. The number of hydrogen-bond donors (Lipinski definition) is 1. The van der Waals surface area contributed by atoms with Gasteiger partial charge in [0.25, 0.3) is 0 Å². The van der Waals surface area contributed by atoms with Crippen LogP contribution in [0.5, 0.6) is 11.5 Å². The highest BCUT2D eigenvalue weighted by Crippen LogP contribution is 2.39. The monoisotopic (exact) mass is 287 g/mol. The molecule has 0 saturated heterocycles. The maximum Gasteiger partial charge on any atom is 0.175 e. The maximum atomic E-state index is 5.71. The first-order chi connectivity index (χ1) is 7.83. The predicted molar refractivity (Wildman–Crippen MR) is 63.6 cm³/mol. The molecule has 2 N–H and O–H groups in total. The summed E-state index contributed by atoms with van der Waals surface area (Å²) < 4.78 is 12.3. The van der Waals surface area contributed by atoms with Crippen LogP contribution in [0.4, 0.5) is 0 Å². The van der Waals surface area contributed by atoms with Gasteiger partial charge in [-0.2, -0.15) is 0 Å². The van der Waals surface area contributed by atoms with Crippen molar-refractivity contribution in [3.63, 3.8) is 0 Å². The van der Waals surface area contributed by atoms with E-state index in [0.717, 1.165) is 34.4 Å². The van der Waals surface area contributed by atoms with Gasteiger partial charge in [-0.05, 0) is 22.0 Å². The van der Waals surface area contributed by atoms with Gasteiger partial charge in [0, 0.05) is 18.4 Å². The van der Waals surface area contributed by atoms with Crippen molar-refractivity contribution in [2.45, 2.75) is 12.8 Å². The molecular weight excluding hydrogens is 274 g/mol. The Kier molecular flexibility index (Phi) is 4.04. The summed E-state index contributed by atoms with van der Waals surface area (Å²) in [5.74, 6) is 6.63. The molecule has 0 aliphatic carbocycles. The largest absolute Gasteiger partial charge is 0.489 e. The smallest absolute Gasteiger partial charge is 0.175 e. The first-order valence-corrected chi connectivity index (χ1v) is 6.01. The highest BCUT2D eigenvalue weighted by Gasteiger charge is 2.17. The number of halogens is 1. The molecule has 0 atom stereocenters. The van der Waals surface area contributed by atoms with E-state index in [9.17, 15) is 0 Å². The number of hydrogen-bond acceptors (Lipinski definition) is 4. The van der Waals surface area contributed by atoms with Crippen LogP contribution in [0.1, 0.15) is 12.0 Å². The summed E-state index contributed by atoms with van der Waals surface area (Å²) in [6.07, 6.45) is 1.61. The molecular formula is C11H14BrNO3. The molecule has 0 bridgehead atoms. The second kappa shape index (κ2) is 5.52. The van der Waals surface area contributed by atoms with Crippen LogP contribution in [-0.2, 0) is 11.3 Å². The van der Waals surface area contributed by atoms with Gasteiger partial charge in [0.05, 0.1) is 24.3 Å². The fourth-order valence-electron chi connectivity index (χ4n) is 1.65. The molecule has 1 aromatic carbocycles. The van der Waals surface area contributed by atoms with Crippen LogP contribution in [0.15, 0.2) is 16.6 Å². The van der Waals surface area contributed by atoms with Crippen LogP contribution in [0.25, 0.3) is 0 Å². The lowest BCUT2D eigenvalue weighted by Crippen LogP contribution is -2.05. The van der Waals surface area contributed by atoms with Gasteiger partial charge >= 0.3 is 0 Å². The lowest BCUT2D eigenvalue weighted by Gasteiger charge is -2.13. The standard InChI is InChI=1S/C11H14BrNO3/c12-9-3-2-8(4-7-16-13)10-11(9)15-6-1-5-14-10/h2-3H,1,4-7,13H2. The van der Waals surface area contributed by atoms with E-state index >= 15 is 0 Å². The Labute approximate surface area is 103 Å². The van der Waals surface area contributed by atoms with E-state index in [-0.39, 0.29) is 0 Å². The molecule has 88 valence electrons. The Hall–Kier alpha value is -0.780. The zero-order chi connectivity index (χ0) is 11.4. The van der Waals surface area contributed by atoms with E-state index in [4.69, 9.17) is 15.4 Å². The van der Waals surface area contributed by atoms with Gasteiger partial charge in [0.2, 0.25) is 0 Å². The van der Waals surface area contributed by atoms with E-state index in [1.807, 2.05) is 12.1 Å². The van der Waals surface area contributed by atoms with Crippen LogP contribution in [0.2, 0.25) is 0 Å². The van der Waals surface area contributed by atoms with E-state index in [0.29, 0.717) is 19.8 Å². The lowest BCUT2D eigenvalue weighted by atomic mass is 10.1.